The van der Waals surface area contributed by atoms with Gasteiger partial charge < -0.3 is 9.15 Å². The largest absolute Gasteiger partial charge is 0.491 e. The van der Waals surface area contributed by atoms with Gasteiger partial charge in [-0.05, 0) is 12.1 Å². The number of halogens is 1. The van der Waals surface area contributed by atoms with E-state index in [0.29, 0.717) is 29.2 Å². The van der Waals surface area contributed by atoms with Crippen LogP contribution in [0.3, 0.4) is 0 Å². The first-order valence-corrected chi connectivity index (χ1v) is 5.05. The molecule has 15 heavy (non-hydrogen) atoms. The molecule has 0 unspecified atom stereocenters. The van der Waals surface area contributed by atoms with Crippen molar-refractivity contribution in [2.45, 2.75) is 0 Å². The van der Waals surface area contributed by atoms with E-state index in [9.17, 15) is 4.79 Å². The summed E-state index contributed by atoms with van der Waals surface area (Å²) in [6.07, 6.45) is 1.37. The molecule has 0 amide bonds. The van der Waals surface area contributed by atoms with Gasteiger partial charge in [0.2, 0.25) is 0 Å². The van der Waals surface area contributed by atoms with Crippen molar-refractivity contribution in [2.24, 2.45) is 0 Å². The summed E-state index contributed by atoms with van der Waals surface area (Å²) in [7, 11) is 0. The topological polar surface area (TPSA) is 39.4 Å². The van der Waals surface area contributed by atoms with Crippen molar-refractivity contribution in [1.29, 1.82) is 0 Å². The normalized spacial score (nSPS) is 10.5. The molecule has 78 valence electrons. The van der Waals surface area contributed by atoms with Gasteiger partial charge in [-0.15, -0.1) is 11.6 Å². The fourth-order valence-electron chi connectivity index (χ4n) is 1.37. The van der Waals surface area contributed by atoms with Crippen molar-refractivity contribution < 1.29 is 9.15 Å². The third-order valence-electron chi connectivity index (χ3n) is 1.98. The maximum absolute atomic E-state index is 11.6. The van der Waals surface area contributed by atoms with Crippen molar-refractivity contribution in [3.63, 3.8) is 0 Å². The molecule has 4 heteroatoms. The molecular formula is C11H9ClO3. The molecule has 2 rings (SSSR count). The lowest BCUT2D eigenvalue weighted by Crippen LogP contribution is -2.04. The van der Waals surface area contributed by atoms with Crippen LogP contribution >= 0.6 is 11.6 Å². The minimum Gasteiger partial charge on any atom is -0.491 e. The van der Waals surface area contributed by atoms with Crippen molar-refractivity contribution >= 4 is 22.6 Å². The van der Waals surface area contributed by atoms with E-state index in [-0.39, 0.29) is 5.43 Å². The molecule has 0 aliphatic rings. The Bertz CT molecular complexity index is 513. The van der Waals surface area contributed by atoms with Gasteiger partial charge >= 0.3 is 0 Å². The molecule has 1 aromatic heterocycles. The maximum atomic E-state index is 11.6. The second kappa shape index (κ2) is 4.36. The van der Waals surface area contributed by atoms with Crippen LogP contribution < -0.4 is 10.2 Å². The molecule has 0 saturated heterocycles. The lowest BCUT2D eigenvalue weighted by molar-refractivity contribution is 0.346. The van der Waals surface area contributed by atoms with E-state index in [1.54, 1.807) is 18.2 Å². The van der Waals surface area contributed by atoms with E-state index in [1.807, 2.05) is 0 Å². The van der Waals surface area contributed by atoms with E-state index < -0.39 is 0 Å². The van der Waals surface area contributed by atoms with Crippen LogP contribution in [0.5, 0.6) is 5.75 Å². The van der Waals surface area contributed by atoms with Crippen LogP contribution in [-0.2, 0) is 0 Å². The monoisotopic (exact) mass is 224 g/mol. The smallest absolute Gasteiger partial charge is 0.196 e. The van der Waals surface area contributed by atoms with Gasteiger partial charge in [-0.25, -0.2) is 0 Å². The summed E-state index contributed by atoms with van der Waals surface area (Å²) in [5.41, 5.74) is 0.413. The van der Waals surface area contributed by atoms with E-state index in [2.05, 4.69) is 0 Å². The number of alkyl halides is 1. The van der Waals surface area contributed by atoms with Crippen LogP contribution in [0.25, 0.3) is 11.0 Å². The van der Waals surface area contributed by atoms with Crippen LogP contribution in [0.4, 0.5) is 0 Å². The summed E-state index contributed by atoms with van der Waals surface area (Å²) in [5.74, 6) is 0.900. The van der Waals surface area contributed by atoms with Gasteiger partial charge in [-0.1, -0.05) is 6.07 Å². The highest BCUT2D eigenvalue weighted by molar-refractivity contribution is 6.18. The van der Waals surface area contributed by atoms with Gasteiger partial charge in [0.05, 0.1) is 12.1 Å². The first kappa shape index (κ1) is 10.1. The van der Waals surface area contributed by atoms with Gasteiger partial charge in [-0.3, -0.25) is 4.79 Å². The molecule has 0 bridgehead atoms. The third-order valence-corrected chi connectivity index (χ3v) is 2.14. The summed E-state index contributed by atoms with van der Waals surface area (Å²) in [4.78, 5) is 11.6. The molecule has 0 saturated carbocycles. The van der Waals surface area contributed by atoms with Gasteiger partial charge in [-0.2, -0.15) is 0 Å². The fraction of sp³-hybridized carbons (Fsp3) is 0.182. The molecule has 0 spiro atoms. The standard InChI is InChI=1S/C11H9ClO3/c12-5-7-15-10-3-1-2-9-11(10)8(13)4-6-14-9/h1-4,6H,5,7H2. The summed E-state index contributed by atoms with van der Waals surface area (Å²) < 4.78 is 10.6. The van der Waals surface area contributed by atoms with Crippen molar-refractivity contribution in [3.05, 3.63) is 40.8 Å². The van der Waals surface area contributed by atoms with Gasteiger partial charge in [0.1, 0.15) is 23.3 Å². The van der Waals surface area contributed by atoms with E-state index in [1.165, 1.54) is 12.3 Å². The predicted octanol–water partition coefficient (Wildman–Crippen LogP) is 2.41. The van der Waals surface area contributed by atoms with E-state index in [4.69, 9.17) is 20.8 Å². The molecule has 0 aliphatic carbocycles. The Kier molecular flexibility index (Phi) is 2.92. The summed E-state index contributed by atoms with van der Waals surface area (Å²) >= 11 is 5.52. The first-order valence-electron chi connectivity index (χ1n) is 4.52. The quantitative estimate of drug-likeness (QED) is 0.752. The maximum Gasteiger partial charge on any atom is 0.196 e. The molecule has 0 radical (unpaired) electrons. The highest BCUT2D eigenvalue weighted by atomic mass is 35.5. The van der Waals surface area contributed by atoms with Crippen LogP contribution in [-0.4, -0.2) is 12.5 Å². The summed E-state index contributed by atoms with van der Waals surface area (Å²) in [6, 6.07) is 6.60. The van der Waals surface area contributed by atoms with Gasteiger partial charge in [0, 0.05) is 6.07 Å². The average molecular weight is 225 g/mol. The van der Waals surface area contributed by atoms with Gasteiger partial charge in [0.25, 0.3) is 0 Å². The molecule has 0 aliphatic heterocycles. The number of ether oxygens (including phenoxy) is 1. The molecule has 0 fully saturated rings. The highest BCUT2D eigenvalue weighted by Gasteiger charge is 2.06. The Morgan fingerprint density at radius 1 is 1.33 bits per heavy atom. The summed E-state index contributed by atoms with van der Waals surface area (Å²) in [6.45, 7) is 0.370. The minimum atomic E-state index is -0.110. The Morgan fingerprint density at radius 3 is 3.00 bits per heavy atom. The molecule has 1 aromatic carbocycles. The Morgan fingerprint density at radius 2 is 2.20 bits per heavy atom. The average Bonchev–Trinajstić information content (AvgIpc) is 2.26. The van der Waals surface area contributed by atoms with E-state index >= 15 is 0 Å². The van der Waals surface area contributed by atoms with Crippen molar-refractivity contribution in [3.8, 4) is 5.75 Å². The van der Waals surface area contributed by atoms with Crippen LogP contribution in [0, 0.1) is 0 Å². The number of rotatable bonds is 3. The number of hydrogen-bond donors (Lipinski definition) is 0. The van der Waals surface area contributed by atoms with E-state index in [0.717, 1.165) is 0 Å². The first-order chi connectivity index (χ1) is 7.33. The van der Waals surface area contributed by atoms with Crippen LogP contribution in [0.15, 0.2) is 39.7 Å². The SMILES string of the molecule is O=c1ccoc2cccc(OCCCl)c12. The molecule has 0 atom stereocenters. The van der Waals surface area contributed by atoms with Crippen molar-refractivity contribution in [1.82, 2.24) is 0 Å². The predicted molar refractivity (Wildman–Crippen MR) is 58.7 cm³/mol. The Labute approximate surface area is 91.2 Å². The number of benzene rings is 1. The molecule has 0 N–H and O–H groups in total. The summed E-state index contributed by atoms with van der Waals surface area (Å²) in [5, 5.41) is 0.463. The Hall–Kier alpha value is -1.48. The van der Waals surface area contributed by atoms with Crippen molar-refractivity contribution in [2.75, 3.05) is 12.5 Å². The molecule has 2 aromatic rings. The Balaban J connectivity index is 2.59. The van der Waals surface area contributed by atoms with Crippen LogP contribution in [0.2, 0.25) is 0 Å². The zero-order chi connectivity index (χ0) is 10.7. The number of fused-ring (bicyclic) bond motifs is 1. The zero-order valence-electron chi connectivity index (χ0n) is 7.90. The minimum absolute atomic E-state index is 0.110. The molecule has 3 nitrogen and oxygen atoms in total. The van der Waals surface area contributed by atoms with Gasteiger partial charge in [0.15, 0.2) is 5.43 Å². The zero-order valence-corrected chi connectivity index (χ0v) is 8.66. The second-order valence-electron chi connectivity index (χ2n) is 2.95. The highest BCUT2D eigenvalue weighted by Crippen LogP contribution is 2.21. The molecule has 1 heterocycles. The second-order valence-corrected chi connectivity index (χ2v) is 3.33. The lowest BCUT2D eigenvalue weighted by Gasteiger charge is -2.05. The van der Waals surface area contributed by atoms with Crippen LogP contribution in [0.1, 0.15) is 0 Å². The molecular weight excluding hydrogens is 216 g/mol. The lowest BCUT2D eigenvalue weighted by atomic mass is 10.2. The fourth-order valence-corrected chi connectivity index (χ4v) is 1.45. The third kappa shape index (κ3) is 1.97. The number of hydrogen-bond acceptors (Lipinski definition) is 3.